The third-order valence-corrected chi connectivity index (χ3v) is 5.94. The lowest BCUT2D eigenvalue weighted by Crippen LogP contribution is -2.47. The smallest absolute Gasteiger partial charge is 0.258 e. The number of nitrogens with one attached hydrogen (secondary N) is 1. The van der Waals surface area contributed by atoms with Crippen LogP contribution in [0.3, 0.4) is 0 Å². The van der Waals surface area contributed by atoms with Crippen LogP contribution in [0, 0.1) is 11.7 Å². The molecule has 5 nitrogen and oxygen atoms in total. The van der Waals surface area contributed by atoms with Gasteiger partial charge in [-0.05, 0) is 54.7 Å². The van der Waals surface area contributed by atoms with Crippen LogP contribution in [0.5, 0.6) is 0 Å². The van der Waals surface area contributed by atoms with E-state index in [1.807, 2.05) is 6.92 Å². The lowest BCUT2D eigenvalue weighted by molar-refractivity contribution is 0.386. The highest BCUT2D eigenvalue weighted by Gasteiger charge is 2.34. The molecular formula is C25H27FN4OS. The first kappa shape index (κ1) is 22.1. The summed E-state index contributed by atoms with van der Waals surface area (Å²) < 4.78 is 19.4. The zero-order chi connectivity index (χ0) is 22.8. The molecule has 1 N–H and O–H groups in total. The molecule has 2 heterocycles. The van der Waals surface area contributed by atoms with Gasteiger partial charge in [-0.25, -0.2) is 4.39 Å². The van der Waals surface area contributed by atoms with E-state index in [1.165, 1.54) is 17.7 Å². The van der Waals surface area contributed by atoms with Crippen molar-refractivity contribution in [2.24, 2.45) is 5.92 Å². The second-order valence-electron chi connectivity index (χ2n) is 8.41. The number of benzene rings is 2. The Labute approximate surface area is 193 Å². The first-order valence-electron chi connectivity index (χ1n) is 10.8. The van der Waals surface area contributed by atoms with Crippen molar-refractivity contribution < 1.29 is 8.91 Å². The van der Waals surface area contributed by atoms with Gasteiger partial charge in [-0.15, -0.1) is 0 Å². The third-order valence-electron chi connectivity index (χ3n) is 5.60. The van der Waals surface area contributed by atoms with Gasteiger partial charge in [0.05, 0.1) is 11.6 Å². The van der Waals surface area contributed by atoms with Crippen LogP contribution in [0.15, 0.2) is 58.8 Å². The SMILES string of the molecule is CCc1ccc(C2NC(=S)N(CC(C)C)C(C)=C2c2nc(-c3cccc(F)c3)no2)cc1. The van der Waals surface area contributed by atoms with Crippen molar-refractivity contribution in [2.45, 2.75) is 40.2 Å². The van der Waals surface area contributed by atoms with Gasteiger partial charge < -0.3 is 14.7 Å². The second kappa shape index (κ2) is 9.20. The predicted molar refractivity (Wildman–Crippen MR) is 128 cm³/mol. The highest BCUT2D eigenvalue weighted by atomic mass is 32.1. The van der Waals surface area contributed by atoms with E-state index in [0.29, 0.717) is 28.3 Å². The Morgan fingerprint density at radius 2 is 1.94 bits per heavy atom. The van der Waals surface area contributed by atoms with Crippen LogP contribution in [-0.2, 0) is 6.42 Å². The van der Waals surface area contributed by atoms with Crippen LogP contribution in [0.2, 0.25) is 0 Å². The number of aryl methyl sites for hydroxylation is 1. The summed E-state index contributed by atoms with van der Waals surface area (Å²) in [5.74, 6) is 0.821. The van der Waals surface area contributed by atoms with Gasteiger partial charge in [0, 0.05) is 17.8 Å². The molecule has 1 atom stereocenters. The monoisotopic (exact) mass is 450 g/mol. The average molecular weight is 451 g/mol. The fourth-order valence-electron chi connectivity index (χ4n) is 3.92. The number of allylic oxidation sites excluding steroid dienone is 1. The molecule has 1 aliphatic rings. The number of hydrogen-bond acceptors (Lipinski definition) is 4. The minimum Gasteiger partial charge on any atom is -0.351 e. The number of thiocarbonyl (C=S) groups is 1. The van der Waals surface area contributed by atoms with Crippen molar-refractivity contribution in [2.75, 3.05) is 6.54 Å². The summed E-state index contributed by atoms with van der Waals surface area (Å²) in [7, 11) is 0. The molecule has 7 heteroatoms. The van der Waals surface area contributed by atoms with Gasteiger partial charge in [-0.3, -0.25) is 0 Å². The van der Waals surface area contributed by atoms with Gasteiger partial charge in [0.25, 0.3) is 5.89 Å². The summed E-state index contributed by atoms with van der Waals surface area (Å²) in [4.78, 5) is 6.71. The Kier molecular flexibility index (Phi) is 6.37. The molecule has 0 spiro atoms. The molecule has 0 saturated heterocycles. The van der Waals surface area contributed by atoms with E-state index in [1.54, 1.807) is 12.1 Å². The summed E-state index contributed by atoms with van der Waals surface area (Å²) in [6, 6.07) is 14.4. The molecule has 166 valence electrons. The number of aromatic nitrogens is 2. The highest BCUT2D eigenvalue weighted by Crippen LogP contribution is 2.37. The summed E-state index contributed by atoms with van der Waals surface area (Å²) in [6.07, 6.45) is 0.974. The van der Waals surface area contributed by atoms with E-state index in [4.69, 9.17) is 16.7 Å². The van der Waals surface area contributed by atoms with Gasteiger partial charge in [0.15, 0.2) is 5.11 Å². The minimum absolute atomic E-state index is 0.224. The van der Waals surface area contributed by atoms with Crippen LogP contribution in [0.1, 0.15) is 50.8 Å². The van der Waals surface area contributed by atoms with Crippen LogP contribution < -0.4 is 5.32 Å². The Morgan fingerprint density at radius 1 is 1.19 bits per heavy atom. The van der Waals surface area contributed by atoms with Gasteiger partial charge in [-0.1, -0.05) is 62.3 Å². The lowest BCUT2D eigenvalue weighted by Gasteiger charge is -2.38. The van der Waals surface area contributed by atoms with Crippen LogP contribution in [0.4, 0.5) is 4.39 Å². The molecule has 0 saturated carbocycles. The maximum atomic E-state index is 13.7. The number of hydrogen-bond donors (Lipinski definition) is 1. The molecule has 1 unspecified atom stereocenters. The van der Waals surface area contributed by atoms with E-state index in [9.17, 15) is 4.39 Å². The Bertz CT molecular complexity index is 1150. The summed E-state index contributed by atoms with van der Waals surface area (Å²) >= 11 is 5.72. The van der Waals surface area contributed by atoms with Crippen molar-refractivity contribution in [1.82, 2.24) is 20.4 Å². The zero-order valence-electron chi connectivity index (χ0n) is 18.7. The topological polar surface area (TPSA) is 54.2 Å². The fourth-order valence-corrected chi connectivity index (χ4v) is 4.25. The molecule has 1 aromatic heterocycles. The Hall–Kier alpha value is -3.06. The van der Waals surface area contributed by atoms with Gasteiger partial charge in [0.1, 0.15) is 5.82 Å². The molecule has 0 fully saturated rings. The molecule has 0 amide bonds. The molecule has 0 bridgehead atoms. The quantitative estimate of drug-likeness (QED) is 0.482. The second-order valence-corrected chi connectivity index (χ2v) is 8.80. The molecule has 3 aromatic rings. The van der Waals surface area contributed by atoms with Crippen LogP contribution >= 0.6 is 12.2 Å². The lowest BCUT2D eigenvalue weighted by atomic mass is 9.93. The standard InChI is InChI=1S/C25H27FN4OS/c1-5-17-9-11-18(12-10-17)22-21(16(4)30(14-15(2)3)25(32)27-22)24-28-23(29-31-24)19-7-6-8-20(26)13-19/h6-13,15,22H,5,14H2,1-4H3,(H,27,32). The molecule has 4 rings (SSSR count). The largest absolute Gasteiger partial charge is 0.351 e. The molecule has 0 radical (unpaired) electrons. The summed E-state index contributed by atoms with van der Waals surface area (Å²) in [5.41, 5.74) is 4.75. The number of rotatable bonds is 6. The Morgan fingerprint density at radius 3 is 2.59 bits per heavy atom. The van der Waals surface area contributed by atoms with Gasteiger partial charge >= 0.3 is 0 Å². The van der Waals surface area contributed by atoms with E-state index >= 15 is 0 Å². The van der Waals surface area contributed by atoms with E-state index in [2.05, 4.69) is 65.4 Å². The molecule has 0 aliphatic carbocycles. The van der Waals surface area contributed by atoms with E-state index in [0.717, 1.165) is 29.8 Å². The zero-order valence-corrected chi connectivity index (χ0v) is 19.5. The van der Waals surface area contributed by atoms with Crippen molar-refractivity contribution >= 4 is 22.9 Å². The Balaban J connectivity index is 1.80. The minimum atomic E-state index is -0.342. The molecule has 2 aromatic carbocycles. The summed E-state index contributed by atoms with van der Waals surface area (Å²) in [5, 5.41) is 8.28. The van der Waals surface area contributed by atoms with Crippen LogP contribution in [-0.4, -0.2) is 26.7 Å². The van der Waals surface area contributed by atoms with Gasteiger partial charge in [-0.2, -0.15) is 4.98 Å². The predicted octanol–water partition coefficient (Wildman–Crippen LogP) is 5.76. The van der Waals surface area contributed by atoms with Gasteiger partial charge in [0.2, 0.25) is 5.82 Å². The van der Waals surface area contributed by atoms with Crippen molar-refractivity contribution in [3.8, 4) is 11.4 Å². The first-order valence-corrected chi connectivity index (χ1v) is 11.3. The number of nitrogens with zero attached hydrogens (tertiary/aromatic N) is 3. The molecular weight excluding hydrogens is 423 g/mol. The fraction of sp³-hybridized carbons (Fsp3) is 0.320. The average Bonchev–Trinajstić information content (AvgIpc) is 3.26. The highest BCUT2D eigenvalue weighted by molar-refractivity contribution is 7.80. The normalized spacial score (nSPS) is 16.6. The van der Waals surface area contributed by atoms with Crippen molar-refractivity contribution in [3.05, 3.63) is 77.1 Å². The first-order chi connectivity index (χ1) is 15.4. The third kappa shape index (κ3) is 4.43. The maximum absolute atomic E-state index is 13.7. The van der Waals surface area contributed by atoms with Crippen LogP contribution in [0.25, 0.3) is 17.0 Å². The van der Waals surface area contributed by atoms with E-state index < -0.39 is 0 Å². The molecule has 1 aliphatic heterocycles. The van der Waals surface area contributed by atoms with Crippen molar-refractivity contribution in [1.29, 1.82) is 0 Å². The summed E-state index contributed by atoms with van der Waals surface area (Å²) in [6.45, 7) is 9.24. The maximum Gasteiger partial charge on any atom is 0.258 e. The number of halogens is 1. The van der Waals surface area contributed by atoms with Crippen molar-refractivity contribution in [3.63, 3.8) is 0 Å². The van der Waals surface area contributed by atoms with E-state index in [-0.39, 0.29) is 11.9 Å². The molecule has 32 heavy (non-hydrogen) atoms.